The molecular formula is C16H32N2. The molecule has 0 aromatic rings. The summed E-state index contributed by atoms with van der Waals surface area (Å²) in [5, 5.41) is 3.46. The smallest absolute Gasteiger partial charge is 0.00160 e. The van der Waals surface area contributed by atoms with Crippen LogP contribution in [0.5, 0.6) is 0 Å². The minimum absolute atomic E-state index is 0.891. The molecule has 2 heteroatoms. The van der Waals surface area contributed by atoms with E-state index in [1.807, 2.05) is 0 Å². The van der Waals surface area contributed by atoms with E-state index < -0.39 is 0 Å². The highest BCUT2D eigenvalue weighted by Crippen LogP contribution is 2.25. The standard InChI is InChI=1S/C16H32N2/c1-14(2)16-7-12-18(13-8-16)11-3-4-15-5-9-17-10-6-15/h14-17H,3-13H2,1-2H3. The van der Waals surface area contributed by atoms with E-state index in [1.54, 1.807) is 0 Å². The summed E-state index contributed by atoms with van der Waals surface area (Å²) < 4.78 is 0. The van der Waals surface area contributed by atoms with Gasteiger partial charge < -0.3 is 10.2 Å². The Bertz CT molecular complexity index is 213. The van der Waals surface area contributed by atoms with Crippen molar-refractivity contribution in [2.75, 3.05) is 32.7 Å². The third-order valence-corrected chi connectivity index (χ3v) is 5.12. The van der Waals surface area contributed by atoms with Gasteiger partial charge in [0.15, 0.2) is 0 Å². The molecule has 2 saturated heterocycles. The van der Waals surface area contributed by atoms with Gasteiger partial charge in [-0.1, -0.05) is 13.8 Å². The number of nitrogens with one attached hydrogen (secondary N) is 1. The summed E-state index contributed by atoms with van der Waals surface area (Å²) in [6.45, 7) is 11.3. The maximum absolute atomic E-state index is 3.46. The van der Waals surface area contributed by atoms with E-state index in [0.717, 1.165) is 17.8 Å². The fourth-order valence-corrected chi connectivity index (χ4v) is 3.62. The first-order valence-electron chi connectivity index (χ1n) is 8.19. The van der Waals surface area contributed by atoms with Gasteiger partial charge in [-0.25, -0.2) is 0 Å². The molecule has 0 spiro atoms. The van der Waals surface area contributed by atoms with Crippen molar-refractivity contribution in [3.63, 3.8) is 0 Å². The van der Waals surface area contributed by atoms with E-state index in [2.05, 4.69) is 24.1 Å². The monoisotopic (exact) mass is 252 g/mol. The van der Waals surface area contributed by atoms with Crippen molar-refractivity contribution in [1.82, 2.24) is 10.2 Å². The summed E-state index contributed by atoms with van der Waals surface area (Å²) in [5.74, 6) is 2.90. The molecule has 2 fully saturated rings. The Hall–Kier alpha value is -0.0800. The molecule has 0 amide bonds. The van der Waals surface area contributed by atoms with E-state index in [-0.39, 0.29) is 0 Å². The summed E-state index contributed by atoms with van der Waals surface area (Å²) in [5.41, 5.74) is 0. The predicted octanol–water partition coefficient (Wildman–Crippen LogP) is 3.13. The summed E-state index contributed by atoms with van der Waals surface area (Å²) in [4.78, 5) is 2.71. The van der Waals surface area contributed by atoms with Gasteiger partial charge in [-0.2, -0.15) is 0 Å². The lowest BCUT2D eigenvalue weighted by molar-refractivity contribution is 0.152. The molecule has 0 atom stereocenters. The SMILES string of the molecule is CC(C)C1CCN(CCCC2CCNCC2)CC1. The zero-order valence-corrected chi connectivity index (χ0v) is 12.5. The lowest BCUT2D eigenvalue weighted by Crippen LogP contribution is -2.36. The zero-order valence-electron chi connectivity index (χ0n) is 12.5. The molecule has 2 heterocycles. The van der Waals surface area contributed by atoms with Crippen molar-refractivity contribution in [3.8, 4) is 0 Å². The van der Waals surface area contributed by atoms with Gasteiger partial charge in [-0.15, -0.1) is 0 Å². The van der Waals surface area contributed by atoms with E-state index >= 15 is 0 Å². The van der Waals surface area contributed by atoms with Crippen molar-refractivity contribution < 1.29 is 0 Å². The molecule has 0 unspecified atom stereocenters. The predicted molar refractivity (Wildman–Crippen MR) is 78.8 cm³/mol. The average molecular weight is 252 g/mol. The van der Waals surface area contributed by atoms with Crippen LogP contribution < -0.4 is 5.32 Å². The highest BCUT2D eigenvalue weighted by molar-refractivity contribution is 4.75. The van der Waals surface area contributed by atoms with Gasteiger partial charge in [0, 0.05) is 0 Å². The van der Waals surface area contributed by atoms with Crippen LogP contribution in [0.4, 0.5) is 0 Å². The molecule has 2 aliphatic heterocycles. The highest BCUT2D eigenvalue weighted by Gasteiger charge is 2.21. The Balaban J connectivity index is 1.55. The molecule has 1 N–H and O–H groups in total. The van der Waals surface area contributed by atoms with Gasteiger partial charge in [0.25, 0.3) is 0 Å². The number of nitrogens with zero attached hydrogens (tertiary/aromatic N) is 1. The van der Waals surface area contributed by atoms with E-state index in [9.17, 15) is 0 Å². The Labute approximate surface area is 114 Å². The molecule has 2 aliphatic rings. The number of hydrogen-bond donors (Lipinski definition) is 1. The first kappa shape index (κ1) is 14.3. The molecule has 106 valence electrons. The molecule has 0 aromatic heterocycles. The second kappa shape index (κ2) is 7.49. The molecule has 18 heavy (non-hydrogen) atoms. The Morgan fingerprint density at radius 1 is 1.06 bits per heavy atom. The van der Waals surface area contributed by atoms with Gasteiger partial charge in [0.1, 0.15) is 0 Å². The average Bonchev–Trinajstić information content (AvgIpc) is 2.40. The fraction of sp³-hybridized carbons (Fsp3) is 1.00. The molecule has 2 rings (SSSR count). The summed E-state index contributed by atoms with van der Waals surface area (Å²) in [6, 6.07) is 0. The Kier molecular flexibility index (Phi) is 5.97. The lowest BCUT2D eigenvalue weighted by Gasteiger charge is -2.34. The van der Waals surface area contributed by atoms with Gasteiger partial charge in [-0.05, 0) is 89.0 Å². The third kappa shape index (κ3) is 4.55. The van der Waals surface area contributed by atoms with Crippen LogP contribution in [0.2, 0.25) is 0 Å². The molecule has 2 nitrogen and oxygen atoms in total. The van der Waals surface area contributed by atoms with Crippen molar-refractivity contribution in [2.24, 2.45) is 17.8 Å². The normalized spacial score (nSPS) is 24.8. The summed E-state index contributed by atoms with van der Waals surface area (Å²) >= 11 is 0. The number of hydrogen-bond acceptors (Lipinski definition) is 2. The number of piperidine rings is 2. The van der Waals surface area contributed by atoms with Crippen LogP contribution in [0.3, 0.4) is 0 Å². The van der Waals surface area contributed by atoms with Gasteiger partial charge in [-0.3, -0.25) is 0 Å². The number of rotatable bonds is 5. The van der Waals surface area contributed by atoms with Crippen molar-refractivity contribution in [3.05, 3.63) is 0 Å². The maximum atomic E-state index is 3.46. The van der Waals surface area contributed by atoms with Crippen LogP contribution in [0, 0.1) is 17.8 Å². The fourth-order valence-electron chi connectivity index (χ4n) is 3.62. The van der Waals surface area contributed by atoms with Crippen LogP contribution in [-0.2, 0) is 0 Å². The topological polar surface area (TPSA) is 15.3 Å². The molecule has 0 radical (unpaired) electrons. The first-order chi connectivity index (χ1) is 8.75. The van der Waals surface area contributed by atoms with Crippen molar-refractivity contribution in [2.45, 2.75) is 52.4 Å². The zero-order chi connectivity index (χ0) is 12.8. The van der Waals surface area contributed by atoms with Crippen LogP contribution >= 0.6 is 0 Å². The minimum atomic E-state index is 0.891. The van der Waals surface area contributed by atoms with Gasteiger partial charge >= 0.3 is 0 Å². The Morgan fingerprint density at radius 2 is 1.72 bits per heavy atom. The van der Waals surface area contributed by atoms with Gasteiger partial charge in [0.2, 0.25) is 0 Å². The quantitative estimate of drug-likeness (QED) is 0.808. The second-order valence-electron chi connectivity index (χ2n) is 6.76. The molecular weight excluding hydrogens is 220 g/mol. The highest BCUT2D eigenvalue weighted by atomic mass is 15.1. The Morgan fingerprint density at radius 3 is 2.33 bits per heavy atom. The molecule has 0 saturated carbocycles. The maximum Gasteiger partial charge on any atom is -0.00160 e. The largest absolute Gasteiger partial charge is 0.317 e. The van der Waals surface area contributed by atoms with Crippen LogP contribution in [-0.4, -0.2) is 37.6 Å². The van der Waals surface area contributed by atoms with Crippen LogP contribution in [0.15, 0.2) is 0 Å². The second-order valence-corrected chi connectivity index (χ2v) is 6.76. The molecule has 0 aliphatic carbocycles. The molecule has 0 aromatic carbocycles. The van der Waals surface area contributed by atoms with Gasteiger partial charge in [0.05, 0.1) is 0 Å². The minimum Gasteiger partial charge on any atom is -0.317 e. The van der Waals surface area contributed by atoms with E-state index in [4.69, 9.17) is 0 Å². The van der Waals surface area contributed by atoms with Crippen molar-refractivity contribution >= 4 is 0 Å². The van der Waals surface area contributed by atoms with Crippen LogP contribution in [0.25, 0.3) is 0 Å². The summed E-state index contributed by atoms with van der Waals surface area (Å²) in [6.07, 6.45) is 8.59. The van der Waals surface area contributed by atoms with E-state index in [0.29, 0.717) is 0 Å². The first-order valence-corrected chi connectivity index (χ1v) is 8.19. The third-order valence-electron chi connectivity index (χ3n) is 5.12. The van der Waals surface area contributed by atoms with E-state index in [1.165, 1.54) is 71.2 Å². The number of likely N-dealkylation sites (tertiary alicyclic amines) is 1. The summed E-state index contributed by atoms with van der Waals surface area (Å²) in [7, 11) is 0. The van der Waals surface area contributed by atoms with Crippen molar-refractivity contribution in [1.29, 1.82) is 0 Å². The van der Waals surface area contributed by atoms with Crippen LogP contribution in [0.1, 0.15) is 52.4 Å². The lowest BCUT2D eigenvalue weighted by atomic mass is 9.86. The molecule has 0 bridgehead atoms.